The molecule has 0 bridgehead atoms. The van der Waals surface area contributed by atoms with E-state index in [0.717, 1.165) is 5.56 Å². The van der Waals surface area contributed by atoms with Gasteiger partial charge < -0.3 is 0 Å². The van der Waals surface area contributed by atoms with E-state index in [1.165, 1.54) is 26.0 Å². The molecule has 0 aliphatic carbocycles. The standard InChI is InChI=1S/C9H11F3NO3S/c1-6-4-7(2)13(8(3)5-6)17(14,15)16-9(10,11)12/h4-5H,1-3H3/q+1. The second kappa shape index (κ2) is 4.26. The largest absolute Gasteiger partial charge is 0.541 e. The number of halogens is 3. The molecule has 0 fully saturated rings. The lowest BCUT2D eigenvalue weighted by atomic mass is 10.2. The average Bonchev–Trinajstić information content (AvgIpc) is 1.93. The van der Waals surface area contributed by atoms with Crippen molar-refractivity contribution in [1.82, 2.24) is 0 Å². The highest BCUT2D eigenvalue weighted by Gasteiger charge is 2.43. The number of rotatable bonds is 2. The Morgan fingerprint density at radius 1 is 1.12 bits per heavy atom. The first-order valence-electron chi connectivity index (χ1n) is 4.56. The molecule has 4 nitrogen and oxygen atoms in total. The Morgan fingerprint density at radius 2 is 1.53 bits per heavy atom. The van der Waals surface area contributed by atoms with Crippen LogP contribution in [0.3, 0.4) is 0 Å². The van der Waals surface area contributed by atoms with Crippen LogP contribution in [0.5, 0.6) is 0 Å². The van der Waals surface area contributed by atoms with Crippen LogP contribution in [0.4, 0.5) is 13.2 Å². The monoisotopic (exact) mass is 270 g/mol. The molecule has 0 amide bonds. The maximum absolute atomic E-state index is 12.0. The van der Waals surface area contributed by atoms with Crippen LogP contribution in [-0.2, 0) is 14.5 Å². The average molecular weight is 270 g/mol. The molecule has 0 saturated heterocycles. The fourth-order valence-corrected chi connectivity index (χ4v) is 2.73. The minimum Gasteiger partial charge on any atom is -0.143 e. The number of aromatic nitrogens is 1. The number of nitrogens with zero attached hydrogens (tertiary/aromatic N) is 1. The summed E-state index contributed by atoms with van der Waals surface area (Å²) in [6.45, 7) is 4.48. The van der Waals surface area contributed by atoms with Crippen molar-refractivity contribution in [3.63, 3.8) is 0 Å². The molecule has 96 valence electrons. The van der Waals surface area contributed by atoms with Gasteiger partial charge in [-0.15, -0.1) is 25.8 Å². The second-order valence-electron chi connectivity index (χ2n) is 3.57. The van der Waals surface area contributed by atoms with Gasteiger partial charge in [-0.1, -0.05) is 3.97 Å². The predicted octanol–water partition coefficient (Wildman–Crippen LogP) is 1.53. The SMILES string of the molecule is Cc1cc(C)[n+](S(=O)(=O)OC(F)(F)F)c(C)c1. The Hall–Kier alpha value is -1.15. The Labute approximate surface area is 96.9 Å². The molecule has 0 spiro atoms. The first-order chi connectivity index (χ1) is 7.53. The van der Waals surface area contributed by atoms with E-state index >= 15 is 0 Å². The van der Waals surface area contributed by atoms with Gasteiger partial charge in [-0.2, -0.15) is 0 Å². The minimum atomic E-state index is -5.24. The van der Waals surface area contributed by atoms with E-state index in [1.54, 1.807) is 6.92 Å². The quantitative estimate of drug-likeness (QED) is 0.766. The smallest absolute Gasteiger partial charge is 0.143 e. The third-order valence-corrected chi connectivity index (χ3v) is 3.36. The zero-order valence-electron chi connectivity index (χ0n) is 9.37. The molecule has 0 aliphatic heterocycles. The van der Waals surface area contributed by atoms with Crippen LogP contribution in [0.25, 0.3) is 0 Å². The van der Waals surface area contributed by atoms with Gasteiger partial charge in [0.1, 0.15) is 0 Å². The number of pyridine rings is 1. The third-order valence-electron chi connectivity index (χ3n) is 1.94. The van der Waals surface area contributed by atoms with Crippen LogP contribution < -0.4 is 3.97 Å². The number of aryl methyl sites for hydroxylation is 3. The molecule has 0 aliphatic rings. The van der Waals surface area contributed by atoms with E-state index in [-0.39, 0.29) is 11.4 Å². The summed E-state index contributed by atoms with van der Waals surface area (Å²) in [5.74, 6) is 0. The lowest BCUT2D eigenvalue weighted by molar-refractivity contribution is -0.541. The topological polar surface area (TPSA) is 47.2 Å². The lowest BCUT2D eigenvalue weighted by Gasteiger charge is -2.07. The van der Waals surface area contributed by atoms with Crippen molar-refractivity contribution in [2.75, 3.05) is 0 Å². The van der Waals surface area contributed by atoms with Crippen molar-refractivity contribution in [2.45, 2.75) is 27.1 Å². The van der Waals surface area contributed by atoms with Gasteiger partial charge >= 0.3 is 16.7 Å². The van der Waals surface area contributed by atoms with Crippen LogP contribution in [-0.4, -0.2) is 14.8 Å². The van der Waals surface area contributed by atoms with Crippen LogP contribution in [0.2, 0.25) is 0 Å². The highest BCUT2D eigenvalue weighted by molar-refractivity contribution is 7.80. The number of hydrogen-bond donors (Lipinski definition) is 0. The second-order valence-corrected chi connectivity index (χ2v) is 4.95. The number of alkyl halides is 3. The van der Waals surface area contributed by atoms with Crippen molar-refractivity contribution in [3.05, 3.63) is 29.1 Å². The van der Waals surface area contributed by atoms with Crippen molar-refractivity contribution >= 4 is 10.3 Å². The molecule has 0 N–H and O–H groups in total. The molecule has 1 aromatic heterocycles. The highest BCUT2D eigenvalue weighted by atomic mass is 32.2. The first-order valence-corrected chi connectivity index (χ1v) is 5.92. The Bertz CT molecular complexity index is 514. The molecule has 1 aromatic rings. The third kappa shape index (κ3) is 3.40. The first kappa shape index (κ1) is 13.9. The van der Waals surface area contributed by atoms with Crippen LogP contribution in [0.15, 0.2) is 12.1 Å². The summed E-state index contributed by atoms with van der Waals surface area (Å²) in [5.41, 5.74) is 1.04. The highest BCUT2D eigenvalue weighted by Crippen LogP contribution is 2.19. The Balaban J connectivity index is 3.35. The summed E-state index contributed by atoms with van der Waals surface area (Å²) in [6, 6.07) is 2.90. The minimum absolute atomic E-state index is 0.145. The summed E-state index contributed by atoms with van der Waals surface area (Å²) in [4.78, 5) is 0. The molecular formula is C9H11F3NO3S+. The summed E-state index contributed by atoms with van der Waals surface area (Å²) in [7, 11) is -4.90. The fraction of sp³-hybridized carbons (Fsp3) is 0.444. The van der Waals surface area contributed by atoms with Gasteiger partial charge in [0.15, 0.2) is 11.4 Å². The molecular weight excluding hydrogens is 259 g/mol. The van der Waals surface area contributed by atoms with E-state index in [1.807, 2.05) is 0 Å². The summed E-state index contributed by atoms with van der Waals surface area (Å²) in [6.07, 6.45) is -5.24. The fourth-order valence-electron chi connectivity index (χ4n) is 1.61. The van der Waals surface area contributed by atoms with Gasteiger partial charge in [-0.3, -0.25) is 0 Å². The predicted molar refractivity (Wildman–Crippen MR) is 52.3 cm³/mol. The summed E-state index contributed by atoms with van der Waals surface area (Å²) < 4.78 is 62.4. The molecule has 17 heavy (non-hydrogen) atoms. The Morgan fingerprint density at radius 3 is 1.88 bits per heavy atom. The molecule has 0 radical (unpaired) electrons. The lowest BCUT2D eigenvalue weighted by Crippen LogP contribution is -2.50. The Kier molecular flexibility index (Phi) is 3.49. The van der Waals surface area contributed by atoms with E-state index in [4.69, 9.17) is 0 Å². The molecule has 0 atom stereocenters. The molecule has 0 aromatic carbocycles. The van der Waals surface area contributed by atoms with Gasteiger partial charge in [0.2, 0.25) is 0 Å². The molecule has 0 unspecified atom stereocenters. The maximum Gasteiger partial charge on any atom is 0.541 e. The van der Waals surface area contributed by atoms with E-state index in [2.05, 4.69) is 4.18 Å². The summed E-state index contributed by atoms with van der Waals surface area (Å²) in [5, 5.41) is 0. The van der Waals surface area contributed by atoms with Gasteiger partial charge in [0.05, 0.1) is 0 Å². The zero-order chi connectivity index (χ0) is 13.4. The van der Waals surface area contributed by atoms with Crippen molar-refractivity contribution in [2.24, 2.45) is 0 Å². The zero-order valence-corrected chi connectivity index (χ0v) is 10.2. The number of hydrogen-bond acceptors (Lipinski definition) is 3. The van der Waals surface area contributed by atoms with E-state index in [9.17, 15) is 21.6 Å². The van der Waals surface area contributed by atoms with Crippen molar-refractivity contribution in [3.8, 4) is 0 Å². The van der Waals surface area contributed by atoms with Crippen molar-refractivity contribution < 1.29 is 29.7 Å². The van der Waals surface area contributed by atoms with Crippen LogP contribution in [0, 0.1) is 20.8 Å². The normalized spacial score (nSPS) is 12.8. The van der Waals surface area contributed by atoms with E-state index in [0.29, 0.717) is 3.97 Å². The molecule has 8 heteroatoms. The van der Waals surface area contributed by atoms with Gasteiger partial charge in [0.25, 0.3) is 0 Å². The van der Waals surface area contributed by atoms with Crippen LogP contribution in [0.1, 0.15) is 17.0 Å². The summed E-state index contributed by atoms with van der Waals surface area (Å²) >= 11 is 0. The van der Waals surface area contributed by atoms with Gasteiger partial charge in [0, 0.05) is 26.0 Å². The molecule has 0 saturated carbocycles. The van der Waals surface area contributed by atoms with Crippen LogP contribution >= 0.6 is 0 Å². The molecule has 1 heterocycles. The maximum atomic E-state index is 12.0. The van der Waals surface area contributed by atoms with Gasteiger partial charge in [-0.25, -0.2) is 0 Å². The van der Waals surface area contributed by atoms with Crippen molar-refractivity contribution in [1.29, 1.82) is 0 Å². The van der Waals surface area contributed by atoms with E-state index < -0.39 is 16.7 Å². The molecule has 1 rings (SSSR count). The van der Waals surface area contributed by atoms with Gasteiger partial charge in [-0.05, 0) is 12.5 Å².